The molecule has 3 N–H and O–H groups in total. The van der Waals surface area contributed by atoms with Gasteiger partial charge in [-0.25, -0.2) is 4.98 Å². The highest BCUT2D eigenvalue weighted by Gasteiger charge is 2.06. The van der Waals surface area contributed by atoms with E-state index in [9.17, 15) is 0 Å². The van der Waals surface area contributed by atoms with Crippen molar-refractivity contribution >= 4 is 23.1 Å². The molecule has 0 aromatic carbocycles. The summed E-state index contributed by atoms with van der Waals surface area (Å²) in [7, 11) is 0. The van der Waals surface area contributed by atoms with Crippen LogP contribution in [0.15, 0.2) is 12.1 Å². The van der Waals surface area contributed by atoms with Crippen molar-refractivity contribution in [2.45, 2.75) is 6.92 Å². The highest BCUT2D eigenvalue weighted by Crippen LogP contribution is 2.18. The molecule has 1 heterocycles. The van der Waals surface area contributed by atoms with Crippen LogP contribution in [0.3, 0.4) is 0 Å². The van der Waals surface area contributed by atoms with E-state index in [4.69, 9.17) is 22.4 Å². The van der Waals surface area contributed by atoms with E-state index in [-0.39, 0.29) is 6.61 Å². The number of nitrogens with two attached hydrogens (primary N) is 1. The van der Waals surface area contributed by atoms with Gasteiger partial charge in [0.25, 0.3) is 0 Å². The SMILES string of the molecule is CCN(CCO)c1cc(N)cc(Cl)n1. The molecule has 0 aliphatic heterocycles. The highest BCUT2D eigenvalue weighted by molar-refractivity contribution is 6.29. The third-order valence-electron chi connectivity index (χ3n) is 1.88. The Labute approximate surface area is 88.3 Å². The number of aliphatic hydroxyl groups is 1. The lowest BCUT2D eigenvalue weighted by atomic mass is 10.3. The molecule has 78 valence electrons. The number of nitrogens with zero attached hydrogens (tertiary/aromatic N) is 2. The molecule has 0 unspecified atom stereocenters. The summed E-state index contributed by atoms with van der Waals surface area (Å²) in [6.45, 7) is 3.35. The van der Waals surface area contributed by atoms with Gasteiger partial charge in [-0.1, -0.05) is 11.6 Å². The van der Waals surface area contributed by atoms with Crippen molar-refractivity contribution in [1.82, 2.24) is 4.98 Å². The van der Waals surface area contributed by atoms with Crippen molar-refractivity contribution < 1.29 is 5.11 Å². The third kappa shape index (κ3) is 2.75. The maximum atomic E-state index is 8.83. The van der Waals surface area contributed by atoms with Crippen LogP contribution in [0.4, 0.5) is 11.5 Å². The molecular formula is C9H14ClN3O. The fourth-order valence-electron chi connectivity index (χ4n) is 1.22. The van der Waals surface area contributed by atoms with Gasteiger partial charge >= 0.3 is 0 Å². The zero-order valence-corrected chi connectivity index (χ0v) is 8.83. The molecule has 0 aliphatic carbocycles. The first-order valence-corrected chi connectivity index (χ1v) is 4.84. The molecule has 4 nitrogen and oxygen atoms in total. The number of halogens is 1. The molecule has 1 aromatic heterocycles. The predicted octanol–water partition coefficient (Wildman–Crippen LogP) is 1.14. The number of hydrogen-bond donors (Lipinski definition) is 2. The minimum Gasteiger partial charge on any atom is -0.399 e. The molecule has 14 heavy (non-hydrogen) atoms. The van der Waals surface area contributed by atoms with Gasteiger partial charge in [0.2, 0.25) is 0 Å². The predicted molar refractivity (Wildman–Crippen MR) is 58.6 cm³/mol. The van der Waals surface area contributed by atoms with Gasteiger partial charge < -0.3 is 15.7 Å². The van der Waals surface area contributed by atoms with E-state index in [1.165, 1.54) is 0 Å². The van der Waals surface area contributed by atoms with Crippen LogP contribution in [0, 0.1) is 0 Å². The van der Waals surface area contributed by atoms with E-state index in [0.717, 1.165) is 6.54 Å². The van der Waals surface area contributed by atoms with Crippen LogP contribution < -0.4 is 10.6 Å². The summed E-state index contributed by atoms with van der Waals surface area (Å²) in [4.78, 5) is 6.03. The Kier molecular flexibility index (Phi) is 3.98. The Bertz CT molecular complexity index is 286. The highest BCUT2D eigenvalue weighted by atomic mass is 35.5. The topological polar surface area (TPSA) is 62.4 Å². The van der Waals surface area contributed by atoms with Crippen LogP contribution in [-0.2, 0) is 0 Å². The average Bonchev–Trinajstić information content (AvgIpc) is 2.12. The second kappa shape index (κ2) is 5.02. The normalized spacial score (nSPS) is 10.2. The average molecular weight is 216 g/mol. The third-order valence-corrected chi connectivity index (χ3v) is 2.07. The van der Waals surface area contributed by atoms with E-state index < -0.39 is 0 Å². The minimum atomic E-state index is 0.0853. The van der Waals surface area contributed by atoms with Crippen molar-refractivity contribution in [2.75, 3.05) is 30.3 Å². The standard InChI is InChI=1S/C9H14ClN3O/c1-2-13(3-4-14)9-6-7(11)5-8(10)12-9/h5-6,14H,2-4H2,1H3,(H2,11,12). The van der Waals surface area contributed by atoms with Crippen molar-refractivity contribution in [2.24, 2.45) is 0 Å². The Hall–Kier alpha value is -1.00. The summed E-state index contributed by atoms with van der Waals surface area (Å²) in [5, 5.41) is 9.21. The van der Waals surface area contributed by atoms with Crippen molar-refractivity contribution in [3.63, 3.8) is 0 Å². The van der Waals surface area contributed by atoms with E-state index >= 15 is 0 Å². The fourth-order valence-corrected chi connectivity index (χ4v) is 1.43. The zero-order valence-electron chi connectivity index (χ0n) is 8.07. The van der Waals surface area contributed by atoms with Crippen molar-refractivity contribution in [1.29, 1.82) is 0 Å². The van der Waals surface area contributed by atoms with Gasteiger partial charge in [0.15, 0.2) is 0 Å². The molecule has 1 aromatic rings. The molecular weight excluding hydrogens is 202 g/mol. The molecule has 0 bridgehead atoms. The first kappa shape index (κ1) is 11.1. The smallest absolute Gasteiger partial charge is 0.133 e. The van der Waals surface area contributed by atoms with Gasteiger partial charge in [0, 0.05) is 24.8 Å². The summed E-state index contributed by atoms with van der Waals surface area (Å²) in [6, 6.07) is 3.34. The molecule has 5 heteroatoms. The van der Waals surface area contributed by atoms with Gasteiger partial charge in [-0.2, -0.15) is 0 Å². The van der Waals surface area contributed by atoms with E-state index in [2.05, 4.69) is 4.98 Å². The van der Waals surface area contributed by atoms with Gasteiger partial charge in [-0.3, -0.25) is 0 Å². The van der Waals surface area contributed by atoms with Crippen LogP contribution >= 0.6 is 11.6 Å². The lowest BCUT2D eigenvalue weighted by Gasteiger charge is -2.20. The molecule has 0 saturated heterocycles. The Balaban J connectivity index is 2.91. The fraction of sp³-hybridized carbons (Fsp3) is 0.444. The van der Waals surface area contributed by atoms with Gasteiger partial charge in [-0.15, -0.1) is 0 Å². The summed E-state index contributed by atoms with van der Waals surface area (Å²) < 4.78 is 0. The number of nitrogen functional groups attached to an aromatic ring is 1. The summed E-state index contributed by atoms with van der Waals surface area (Å²) in [5.74, 6) is 0.701. The largest absolute Gasteiger partial charge is 0.399 e. The number of likely N-dealkylation sites (N-methyl/N-ethyl adjacent to an activating group) is 1. The van der Waals surface area contributed by atoms with Gasteiger partial charge in [0.05, 0.1) is 6.61 Å². The van der Waals surface area contributed by atoms with E-state index in [1.807, 2.05) is 11.8 Å². The molecule has 0 fully saturated rings. The minimum absolute atomic E-state index is 0.0853. The van der Waals surface area contributed by atoms with E-state index in [0.29, 0.717) is 23.2 Å². The number of aliphatic hydroxyl groups excluding tert-OH is 1. The maximum absolute atomic E-state index is 8.83. The summed E-state index contributed by atoms with van der Waals surface area (Å²) >= 11 is 5.77. The number of aromatic nitrogens is 1. The first-order valence-electron chi connectivity index (χ1n) is 4.46. The van der Waals surface area contributed by atoms with Crippen LogP contribution in [0.2, 0.25) is 5.15 Å². The lowest BCUT2D eigenvalue weighted by Crippen LogP contribution is -2.27. The second-order valence-electron chi connectivity index (χ2n) is 2.88. The number of hydrogen-bond acceptors (Lipinski definition) is 4. The Morgan fingerprint density at radius 3 is 2.79 bits per heavy atom. The molecule has 0 atom stereocenters. The van der Waals surface area contributed by atoms with Crippen LogP contribution in [-0.4, -0.2) is 29.8 Å². The van der Waals surface area contributed by atoms with Crippen LogP contribution in [0.25, 0.3) is 0 Å². The van der Waals surface area contributed by atoms with Crippen molar-refractivity contribution in [3.8, 4) is 0 Å². The summed E-state index contributed by atoms with van der Waals surface area (Å²) in [6.07, 6.45) is 0. The molecule has 0 saturated carbocycles. The quantitative estimate of drug-likeness (QED) is 0.740. The molecule has 0 radical (unpaired) electrons. The van der Waals surface area contributed by atoms with Gasteiger partial charge in [0.1, 0.15) is 11.0 Å². The second-order valence-corrected chi connectivity index (χ2v) is 3.27. The number of anilines is 2. The zero-order chi connectivity index (χ0) is 10.6. The molecule has 0 spiro atoms. The van der Waals surface area contributed by atoms with Crippen molar-refractivity contribution in [3.05, 3.63) is 17.3 Å². The molecule has 0 amide bonds. The van der Waals surface area contributed by atoms with Gasteiger partial charge in [-0.05, 0) is 13.0 Å². The van der Waals surface area contributed by atoms with E-state index in [1.54, 1.807) is 12.1 Å². The van der Waals surface area contributed by atoms with Crippen LogP contribution in [0.5, 0.6) is 0 Å². The lowest BCUT2D eigenvalue weighted by molar-refractivity contribution is 0.302. The number of pyridine rings is 1. The Morgan fingerprint density at radius 1 is 1.57 bits per heavy atom. The Morgan fingerprint density at radius 2 is 2.29 bits per heavy atom. The van der Waals surface area contributed by atoms with Crippen LogP contribution in [0.1, 0.15) is 6.92 Å². The molecule has 0 aliphatic rings. The maximum Gasteiger partial charge on any atom is 0.133 e. The monoisotopic (exact) mass is 215 g/mol. The molecule has 1 rings (SSSR count). The number of rotatable bonds is 4. The first-order chi connectivity index (χ1) is 6.67. The summed E-state index contributed by atoms with van der Waals surface area (Å²) in [5.41, 5.74) is 6.21.